The van der Waals surface area contributed by atoms with Crippen molar-refractivity contribution in [1.82, 2.24) is 0 Å². The van der Waals surface area contributed by atoms with Crippen LogP contribution in [-0.2, 0) is 10.2 Å². The van der Waals surface area contributed by atoms with Gasteiger partial charge < -0.3 is 16.2 Å². The molecule has 1 atom stereocenters. The second-order valence-electron chi connectivity index (χ2n) is 5.41. The fraction of sp³-hybridized carbons (Fsp3) is 0.533. The van der Waals surface area contributed by atoms with Crippen LogP contribution in [0, 0.1) is 0 Å². The Morgan fingerprint density at radius 2 is 1.89 bits per heavy atom. The van der Waals surface area contributed by atoms with Gasteiger partial charge in [0.1, 0.15) is 5.75 Å². The van der Waals surface area contributed by atoms with Gasteiger partial charge in [-0.3, -0.25) is 4.79 Å². The van der Waals surface area contributed by atoms with E-state index in [9.17, 15) is 4.79 Å². The first kappa shape index (κ1) is 15.5. The van der Waals surface area contributed by atoms with Gasteiger partial charge in [-0.1, -0.05) is 32.9 Å². The van der Waals surface area contributed by atoms with E-state index in [1.807, 2.05) is 12.1 Å². The van der Waals surface area contributed by atoms with Crippen LogP contribution in [0.1, 0.15) is 39.2 Å². The zero-order chi connectivity index (χ0) is 14.5. The normalized spacial score (nSPS) is 13.1. The van der Waals surface area contributed by atoms with Crippen molar-refractivity contribution < 1.29 is 9.53 Å². The standard InChI is InChI=1S/C15H24N2O2/c1-4-15(2,3)11-5-7-12(8-6-11)19-10-9-13(16)14(17)18/h5-8,13H,4,9-10,16H2,1-3H3,(H2,17,18). The van der Waals surface area contributed by atoms with Crippen molar-refractivity contribution in [3.63, 3.8) is 0 Å². The quantitative estimate of drug-likeness (QED) is 0.790. The lowest BCUT2D eigenvalue weighted by atomic mass is 9.82. The molecule has 0 radical (unpaired) electrons. The molecule has 106 valence electrons. The third-order valence-corrected chi connectivity index (χ3v) is 3.58. The Morgan fingerprint density at radius 3 is 2.37 bits per heavy atom. The number of primary amides is 1. The van der Waals surface area contributed by atoms with Gasteiger partial charge in [0.05, 0.1) is 12.6 Å². The van der Waals surface area contributed by atoms with E-state index < -0.39 is 11.9 Å². The molecule has 0 aliphatic rings. The Bertz CT molecular complexity index is 413. The monoisotopic (exact) mass is 264 g/mol. The SMILES string of the molecule is CCC(C)(C)c1ccc(OCCC(N)C(N)=O)cc1. The van der Waals surface area contributed by atoms with E-state index in [-0.39, 0.29) is 5.41 Å². The minimum atomic E-state index is -0.640. The van der Waals surface area contributed by atoms with Gasteiger partial charge in [0, 0.05) is 6.42 Å². The minimum Gasteiger partial charge on any atom is -0.494 e. The summed E-state index contributed by atoms with van der Waals surface area (Å²) in [5.74, 6) is 0.288. The molecule has 0 bridgehead atoms. The van der Waals surface area contributed by atoms with Gasteiger partial charge in [-0.15, -0.1) is 0 Å². The zero-order valence-electron chi connectivity index (χ0n) is 12.0. The Kier molecular flexibility index (Phi) is 5.36. The minimum absolute atomic E-state index is 0.173. The average molecular weight is 264 g/mol. The maximum absolute atomic E-state index is 10.8. The highest BCUT2D eigenvalue weighted by Gasteiger charge is 2.17. The smallest absolute Gasteiger partial charge is 0.234 e. The van der Waals surface area contributed by atoms with Crippen molar-refractivity contribution in [2.45, 2.75) is 45.1 Å². The number of hydrogen-bond acceptors (Lipinski definition) is 3. The summed E-state index contributed by atoms with van der Waals surface area (Å²) in [6.45, 7) is 7.00. The van der Waals surface area contributed by atoms with Crippen molar-refractivity contribution in [2.75, 3.05) is 6.61 Å². The second-order valence-corrected chi connectivity index (χ2v) is 5.41. The van der Waals surface area contributed by atoms with Crippen LogP contribution < -0.4 is 16.2 Å². The van der Waals surface area contributed by atoms with Crippen molar-refractivity contribution in [1.29, 1.82) is 0 Å². The summed E-state index contributed by atoms with van der Waals surface area (Å²) < 4.78 is 5.54. The summed E-state index contributed by atoms with van der Waals surface area (Å²) in [7, 11) is 0. The number of benzene rings is 1. The first-order chi connectivity index (χ1) is 8.86. The summed E-state index contributed by atoms with van der Waals surface area (Å²) in [6.07, 6.45) is 1.51. The number of ether oxygens (including phenoxy) is 1. The van der Waals surface area contributed by atoms with Crippen molar-refractivity contribution >= 4 is 5.91 Å². The molecule has 0 aromatic heterocycles. The molecule has 19 heavy (non-hydrogen) atoms. The molecule has 4 nitrogen and oxygen atoms in total. The average Bonchev–Trinajstić information content (AvgIpc) is 2.39. The van der Waals surface area contributed by atoms with Crippen molar-refractivity contribution in [2.24, 2.45) is 11.5 Å². The largest absolute Gasteiger partial charge is 0.494 e. The first-order valence-electron chi connectivity index (χ1n) is 6.65. The van der Waals surface area contributed by atoms with Crippen molar-refractivity contribution in [3.8, 4) is 5.75 Å². The lowest BCUT2D eigenvalue weighted by Gasteiger charge is -2.23. The van der Waals surface area contributed by atoms with Crippen LogP contribution >= 0.6 is 0 Å². The molecular formula is C15H24N2O2. The van der Waals surface area contributed by atoms with E-state index in [1.165, 1.54) is 5.56 Å². The van der Waals surface area contributed by atoms with E-state index in [0.29, 0.717) is 13.0 Å². The first-order valence-corrected chi connectivity index (χ1v) is 6.65. The molecule has 1 aromatic carbocycles. The van der Waals surface area contributed by atoms with Gasteiger partial charge in [0.2, 0.25) is 5.91 Å². The molecular weight excluding hydrogens is 240 g/mol. The van der Waals surface area contributed by atoms with E-state index in [0.717, 1.165) is 12.2 Å². The van der Waals surface area contributed by atoms with Crippen LogP contribution in [0.2, 0.25) is 0 Å². The maximum Gasteiger partial charge on any atom is 0.234 e. The molecule has 0 aliphatic heterocycles. The Balaban J connectivity index is 2.51. The highest BCUT2D eigenvalue weighted by atomic mass is 16.5. The predicted molar refractivity (Wildman–Crippen MR) is 77.0 cm³/mol. The number of carbonyl (C=O) groups is 1. The van der Waals surface area contributed by atoms with Gasteiger partial charge in [0.25, 0.3) is 0 Å². The molecule has 0 fully saturated rings. The number of nitrogens with two attached hydrogens (primary N) is 2. The van der Waals surface area contributed by atoms with Crippen LogP contribution in [0.4, 0.5) is 0 Å². The highest BCUT2D eigenvalue weighted by Crippen LogP contribution is 2.27. The number of hydrogen-bond donors (Lipinski definition) is 2. The van der Waals surface area contributed by atoms with Gasteiger partial charge in [-0.2, -0.15) is 0 Å². The number of carbonyl (C=O) groups excluding carboxylic acids is 1. The van der Waals surface area contributed by atoms with Gasteiger partial charge in [0.15, 0.2) is 0 Å². The van der Waals surface area contributed by atoms with Crippen LogP contribution in [-0.4, -0.2) is 18.6 Å². The summed E-state index contributed by atoms with van der Waals surface area (Å²) in [4.78, 5) is 10.8. The van der Waals surface area contributed by atoms with Crippen LogP contribution in [0.15, 0.2) is 24.3 Å². The zero-order valence-corrected chi connectivity index (χ0v) is 12.0. The van der Waals surface area contributed by atoms with Gasteiger partial charge in [-0.05, 0) is 29.5 Å². The topological polar surface area (TPSA) is 78.3 Å². The lowest BCUT2D eigenvalue weighted by molar-refractivity contribution is -0.119. The number of rotatable bonds is 7. The van der Waals surface area contributed by atoms with Crippen LogP contribution in [0.5, 0.6) is 5.75 Å². The van der Waals surface area contributed by atoms with Gasteiger partial charge >= 0.3 is 0 Å². The molecule has 0 saturated carbocycles. The van der Waals surface area contributed by atoms with E-state index in [1.54, 1.807) is 0 Å². The number of amides is 1. The lowest BCUT2D eigenvalue weighted by Crippen LogP contribution is -2.37. The summed E-state index contributed by atoms with van der Waals surface area (Å²) in [6, 6.07) is 7.41. The Hall–Kier alpha value is -1.55. The van der Waals surface area contributed by atoms with Gasteiger partial charge in [-0.25, -0.2) is 0 Å². The molecule has 4 heteroatoms. The molecule has 1 amide bonds. The fourth-order valence-electron chi connectivity index (χ4n) is 1.65. The van der Waals surface area contributed by atoms with Crippen LogP contribution in [0.3, 0.4) is 0 Å². The summed E-state index contributed by atoms with van der Waals surface area (Å²) >= 11 is 0. The molecule has 1 unspecified atom stereocenters. The van der Waals surface area contributed by atoms with E-state index >= 15 is 0 Å². The molecule has 0 spiro atoms. The Morgan fingerprint density at radius 1 is 1.32 bits per heavy atom. The predicted octanol–water partition coefficient (Wildman–Crippen LogP) is 1.96. The van der Waals surface area contributed by atoms with E-state index in [2.05, 4.69) is 32.9 Å². The fourth-order valence-corrected chi connectivity index (χ4v) is 1.65. The molecule has 1 aromatic rings. The Labute approximate surface area is 115 Å². The molecule has 4 N–H and O–H groups in total. The molecule has 0 aliphatic carbocycles. The molecule has 0 heterocycles. The molecule has 1 rings (SSSR count). The van der Waals surface area contributed by atoms with E-state index in [4.69, 9.17) is 16.2 Å². The highest BCUT2D eigenvalue weighted by molar-refractivity contribution is 5.79. The second kappa shape index (κ2) is 6.57. The summed E-state index contributed by atoms with van der Waals surface area (Å²) in [5.41, 5.74) is 12.1. The maximum atomic E-state index is 10.8. The third-order valence-electron chi connectivity index (χ3n) is 3.58. The third kappa shape index (κ3) is 4.56. The van der Waals surface area contributed by atoms with Crippen molar-refractivity contribution in [3.05, 3.63) is 29.8 Å². The molecule has 0 saturated heterocycles. The summed E-state index contributed by atoms with van der Waals surface area (Å²) in [5, 5.41) is 0. The van der Waals surface area contributed by atoms with Crippen LogP contribution in [0.25, 0.3) is 0 Å².